The van der Waals surface area contributed by atoms with Crippen molar-refractivity contribution < 1.29 is 24.2 Å². The molecule has 7 nitrogen and oxygen atoms in total. The highest BCUT2D eigenvalue weighted by Crippen LogP contribution is 2.23. The number of aromatic nitrogens is 2. The van der Waals surface area contributed by atoms with Crippen molar-refractivity contribution in [2.45, 2.75) is 43.3 Å². The number of benzene rings is 1. The molecular formula is C19H23FIN3O4. The fourth-order valence-corrected chi connectivity index (χ4v) is 4.07. The van der Waals surface area contributed by atoms with Gasteiger partial charge in [0.15, 0.2) is 0 Å². The van der Waals surface area contributed by atoms with Gasteiger partial charge in [-0.25, -0.2) is 19.0 Å². The van der Waals surface area contributed by atoms with Crippen molar-refractivity contribution in [1.29, 1.82) is 0 Å². The van der Waals surface area contributed by atoms with Crippen molar-refractivity contribution in [3.05, 3.63) is 53.9 Å². The Morgan fingerprint density at radius 1 is 1.32 bits per heavy atom. The third-order valence-electron chi connectivity index (χ3n) is 4.26. The van der Waals surface area contributed by atoms with Gasteiger partial charge in [0.2, 0.25) is 0 Å². The third-order valence-corrected chi connectivity index (χ3v) is 5.30. The first kappa shape index (κ1) is 22.1. The van der Waals surface area contributed by atoms with Gasteiger partial charge in [-0.15, -0.1) is 0 Å². The van der Waals surface area contributed by atoms with Gasteiger partial charge in [-0.3, -0.25) is 4.90 Å². The number of halogens is 2. The number of hydrogen-bond acceptors (Lipinski definition) is 3. The van der Waals surface area contributed by atoms with E-state index in [2.05, 4.69) is 4.98 Å². The summed E-state index contributed by atoms with van der Waals surface area (Å²) in [4.78, 5) is 28.6. The van der Waals surface area contributed by atoms with Crippen LogP contribution in [0, 0.1) is 11.7 Å². The number of imidazole rings is 1. The Hall–Kier alpha value is -2.17. The van der Waals surface area contributed by atoms with Crippen LogP contribution in [0.2, 0.25) is 0 Å². The summed E-state index contributed by atoms with van der Waals surface area (Å²) in [6, 6.07) is 5.08. The highest BCUT2D eigenvalue weighted by atomic mass is 127. The average molecular weight is 503 g/mol. The smallest absolute Gasteiger partial charge is 0.408 e. The first-order chi connectivity index (χ1) is 13.2. The van der Waals surface area contributed by atoms with Crippen molar-refractivity contribution in [3.8, 4) is 0 Å². The van der Waals surface area contributed by atoms with Gasteiger partial charge in [0, 0.05) is 24.9 Å². The summed E-state index contributed by atoms with van der Waals surface area (Å²) in [5, 5.41) is 19.2. The van der Waals surface area contributed by atoms with E-state index in [-0.39, 0.29) is 24.6 Å². The molecule has 0 aliphatic carbocycles. The van der Waals surface area contributed by atoms with Crippen molar-refractivity contribution >= 4 is 34.7 Å². The zero-order valence-corrected chi connectivity index (χ0v) is 17.8. The molecule has 1 aromatic carbocycles. The van der Waals surface area contributed by atoms with Crippen molar-refractivity contribution in [2.75, 3.05) is 0 Å². The number of carbonyl (C=O) groups is 2. The minimum atomic E-state index is -1.27. The average Bonchev–Trinajstić information content (AvgIpc) is 3.00. The van der Waals surface area contributed by atoms with E-state index in [0.717, 1.165) is 16.2 Å². The molecule has 2 N–H and O–H groups in total. The molecule has 2 unspecified atom stereocenters. The van der Waals surface area contributed by atoms with E-state index in [1.54, 1.807) is 29.2 Å². The molecule has 9 heteroatoms. The Kier molecular flexibility index (Phi) is 7.78. The van der Waals surface area contributed by atoms with Gasteiger partial charge in [-0.05, 0) is 30.0 Å². The summed E-state index contributed by atoms with van der Waals surface area (Å²) in [6.45, 7) is 4.09. The molecule has 2 atom stereocenters. The van der Waals surface area contributed by atoms with E-state index >= 15 is 0 Å². The second-order valence-corrected chi connectivity index (χ2v) is 8.39. The molecule has 152 valence electrons. The van der Waals surface area contributed by atoms with Crippen LogP contribution in [0.3, 0.4) is 0 Å². The Bertz CT molecular complexity index is 827. The SMILES string of the molecule is CC(C)CC(C(=O)O)N(C(=O)O)C(I)Cc1cncn1Cc1cccc(F)c1. The van der Waals surface area contributed by atoms with Crippen LogP contribution >= 0.6 is 22.6 Å². The standard InChI is InChI=1S/C19H23FIN3O4/c1-12(2)6-16(18(25)26)24(19(27)28)17(21)8-15-9-22-11-23(15)10-13-4-3-5-14(20)7-13/h3-5,7,9,11-12,16-17H,6,8,10H2,1-2H3,(H,25,26)(H,27,28). The van der Waals surface area contributed by atoms with Crippen LogP contribution in [0.4, 0.5) is 9.18 Å². The summed E-state index contributed by atoms with van der Waals surface area (Å²) in [5.74, 6) is -1.46. The quantitative estimate of drug-likeness (QED) is 0.308. The Balaban J connectivity index is 2.20. The lowest BCUT2D eigenvalue weighted by Crippen LogP contribution is -2.49. The van der Waals surface area contributed by atoms with Gasteiger partial charge in [-0.2, -0.15) is 0 Å². The number of nitrogens with zero attached hydrogens (tertiary/aromatic N) is 3. The first-order valence-electron chi connectivity index (χ1n) is 8.80. The molecule has 0 saturated heterocycles. The molecule has 0 bridgehead atoms. The van der Waals surface area contributed by atoms with Crippen LogP contribution in [0.15, 0.2) is 36.8 Å². The second kappa shape index (κ2) is 9.85. The summed E-state index contributed by atoms with van der Waals surface area (Å²) in [6.07, 6.45) is 2.44. The second-order valence-electron chi connectivity index (χ2n) is 6.95. The molecule has 1 amide bonds. The van der Waals surface area contributed by atoms with E-state index in [4.69, 9.17) is 0 Å². The lowest BCUT2D eigenvalue weighted by Gasteiger charge is -2.31. The van der Waals surface area contributed by atoms with Gasteiger partial charge in [0.25, 0.3) is 0 Å². The largest absolute Gasteiger partial charge is 0.480 e. The van der Waals surface area contributed by atoms with Crippen LogP contribution in [0.1, 0.15) is 31.5 Å². The molecule has 0 radical (unpaired) electrons. The topological polar surface area (TPSA) is 95.7 Å². The summed E-state index contributed by atoms with van der Waals surface area (Å²) < 4.78 is 14.6. The molecular weight excluding hydrogens is 480 g/mol. The van der Waals surface area contributed by atoms with Crippen LogP contribution in [0.25, 0.3) is 0 Å². The fraction of sp³-hybridized carbons (Fsp3) is 0.421. The molecule has 2 rings (SSSR count). The van der Waals surface area contributed by atoms with E-state index < -0.39 is 22.2 Å². The minimum Gasteiger partial charge on any atom is -0.480 e. The lowest BCUT2D eigenvalue weighted by atomic mass is 10.0. The molecule has 0 aliphatic heterocycles. The van der Waals surface area contributed by atoms with E-state index in [0.29, 0.717) is 6.54 Å². The normalized spacial score (nSPS) is 13.3. The summed E-state index contributed by atoms with van der Waals surface area (Å²) in [5.41, 5.74) is 1.49. The molecule has 1 heterocycles. The van der Waals surface area contributed by atoms with Gasteiger partial charge < -0.3 is 14.8 Å². The molecule has 1 aromatic heterocycles. The van der Waals surface area contributed by atoms with Crippen molar-refractivity contribution in [2.24, 2.45) is 5.92 Å². The van der Waals surface area contributed by atoms with Gasteiger partial charge in [-0.1, -0.05) is 48.6 Å². The highest BCUT2D eigenvalue weighted by Gasteiger charge is 2.35. The summed E-state index contributed by atoms with van der Waals surface area (Å²) in [7, 11) is 0. The Labute approximate surface area is 176 Å². The number of aliphatic carboxylic acids is 1. The number of rotatable bonds is 9. The number of carboxylic acid groups (broad SMARTS) is 2. The zero-order chi connectivity index (χ0) is 20.8. The number of hydrogen-bond donors (Lipinski definition) is 2. The number of amides is 1. The molecule has 2 aromatic rings. The molecule has 0 fully saturated rings. The predicted molar refractivity (Wildman–Crippen MR) is 110 cm³/mol. The highest BCUT2D eigenvalue weighted by molar-refractivity contribution is 14.1. The molecule has 0 spiro atoms. The number of carboxylic acids is 1. The maximum atomic E-state index is 13.4. The van der Waals surface area contributed by atoms with Gasteiger partial charge in [0.1, 0.15) is 11.9 Å². The van der Waals surface area contributed by atoms with Crippen LogP contribution in [-0.4, -0.2) is 46.8 Å². The third kappa shape index (κ3) is 5.91. The maximum Gasteiger partial charge on any atom is 0.408 e. The molecule has 0 aliphatic rings. The van der Waals surface area contributed by atoms with E-state index in [9.17, 15) is 24.2 Å². The summed E-state index contributed by atoms with van der Waals surface area (Å²) >= 11 is 1.95. The van der Waals surface area contributed by atoms with Crippen LogP contribution in [0.5, 0.6) is 0 Å². The number of alkyl halides is 1. The molecule has 28 heavy (non-hydrogen) atoms. The van der Waals surface area contributed by atoms with Crippen molar-refractivity contribution in [1.82, 2.24) is 14.5 Å². The zero-order valence-electron chi connectivity index (χ0n) is 15.6. The Morgan fingerprint density at radius 3 is 2.61 bits per heavy atom. The van der Waals surface area contributed by atoms with Gasteiger partial charge in [0.05, 0.1) is 10.4 Å². The van der Waals surface area contributed by atoms with E-state index in [1.807, 2.05) is 36.4 Å². The monoisotopic (exact) mass is 503 g/mol. The Morgan fingerprint density at radius 2 is 2.04 bits per heavy atom. The van der Waals surface area contributed by atoms with Crippen LogP contribution in [-0.2, 0) is 17.8 Å². The van der Waals surface area contributed by atoms with Crippen LogP contribution < -0.4 is 0 Å². The van der Waals surface area contributed by atoms with Gasteiger partial charge >= 0.3 is 12.1 Å². The predicted octanol–water partition coefficient (Wildman–Crippen LogP) is 3.85. The first-order valence-corrected chi connectivity index (χ1v) is 10.0. The lowest BCUT2D eigenvalue weighted by molar-refractivity contribution is -0.143. The fourth-order valence-electron chi connectivity index (χ4n) is 2.99. The van der Waals surface area contributed by atoms with E-state index in [1.165, 1.54) is 12.1 Å². The minimum absolute atomic E-state index is 0.0325. The maximum absolute atomic E-state index is 13.4. The molecule has 0 saturated carbocycles. The van der Waals surface area contributed by atoms with Crippen molar-refractivity contribution in [3.63, 3.8) is 0 Å².